The first-order valence-corrected chi connectivity index (χ1v) is 7.62. The van der Waals surface area contributed by atoms with Crippen LogP contribution in [0.25, 0.3) is 0 Å². The number of allylic oxidation sites excluding steroid dienone is 2. The van der Waals surface area contributed by atoms with Crippen molar-refractivity contribution in [3.8, 4) is 0 Å². The van der Waals surface area contributed by atoms with Crippen LogP contribution in [0.1, 0.15) is 34.1 Å². The largest absolute Gasteiger partial charge is 0.147 e. The van der Waals surface area contributed by atoms with E-state index in [0.717, 1.165) is 21.2 Å². The quantitative estimate of drug-likeness (QED) is 0.590. The number of aliphatic imine (C=N–C) groups is 1. The summed E-state index contributed by atoms with van der Waals surface area (Å²) in [7, 11) is 0. The Labute approximate surface area is 155 Å². The second-order valence-corrected chi connectivity index (χ2v) is 6.31. The van der Waals surface area contributed by atoms with E-state index in [1.165, 1.54) is 5.82 Å². The predicted octanol–water partition coefficient (Wildman–Crippen LogP) is 4.38. The zero-order chi connectivity index (χ0) is 14.2. The summed E-state index contributed by atoms with van der Waals surface area (Å²) >= 11 is 9.56. The van der Waals surface area contributed by atoms with Crippen molar-refractivity contribution in [2.45, 2.75) is 46.2 Å². The van der Waals surface area contributed by atoms with Gasteiger partial charge in [-0.05, 0) is 0 Å². The van der Waals surface area contributed by atoms with Crippen LogP contribution in [0.15, 0.2) is 38.0 Å². The molecule has 0 saturated carbocycles. The van der Waals surface area contributed by atoms with Gasteiger partial charge in [0.25, 0.3) is 0 Å². The summed E-state index contributed by atoms with van der Waals surface area (Å²) in [4.78, 5) is 8.77. The van der Waals surface area contributed by atoms with Crippen LogP contribution in [0.4, 0.5) is 0 Å². The maximum atomic E-state index is 6.44. The van der Waals surface area contributed by atoms with Crippen molar-refractivity contribution in [2.75, 3.05) is 0 Å². The van der Waals surface area contributed by atoms with Crippen molar-refractivity contribution in [3.05, 3.63) is 33.0 Å². The summed E-state index contributed by atoms with van der Waals surface area (Å²) in [5.74, 6) is 1.17. The molecule has 0 unspecified atom stereocenters. The molecule has 0 aromatic heterocycles. The number of halogens is 3. The van der Waals surface area contributed by atoms with Crippen molar-refractivity contribution in [2.24, 2.45) is 4.99 Å². The fourth-order valence-electron chi connectivity index (χ4n) is 2.23. The molecule has 0 amide bonds. The number of hydrogen-bond donors (Lipinski definition) is 0. The van der Waals surface area contributed by atoms with Gasteiger partial charge in [0, 0.05) is 0 Å². The molecule has 0 spiro atoms. The fraction of sp³-hybridized carbons (Fsp3) is 0.500. The molecule has 0 bridgehead atoms. The van der Waals surface area contributed by atoms with Crippen LogP contribution < -0.4 is 0 Å². The molecule has 0 aromatic carbocycles. The minimum Gasteiger partial charge on any atom is -0.147 e. The van der Waals surface area contributed by atoms with Gasteiger partial charge in [0.15, 0.2) is 0 Å². The minimum absolute atomic E-state index is 0. The third-order valence-electron chi connectivity index (χ3n) is 3.18. The second kappa shape index (κ2) is 8.60. The molecule has 2 aliphatic heterocycles. The molecular formula is C14H21Cl3N3Pd. The molecule has 3 nitrogen and oxygen atoms in total. The molecule has 0 radical (unpaired) electrons. The van der Waals surface area contributed by atoms with Crippen molar-refractivity contribution in [1.29, 1.82) is 0 Å². The molecule has 0 atom stereocenters. The van der Waals surface area contributed by atoms with Crippen molar-refractivity contribution in [1.82, 2.24) is 9.80 Å². The number of nitrogens with zero attached hydrogens (tertiary/aromatic N) is 3. The summed E-state index contributed by atoms with van der Waals surface area (Å²) in [6.07, 6.45) is 6.92. The normalized spacial score (nSPS) is 18.0. The van der Waals surface area contributed by atoms with E-state index in [1.807, 2.05) is 6.21 Å². The Hall–Kier alpha value is 0.0223. The molecule has 2 heterocycles. The maximum absolute atomic E-state index is 6.44. The summed E-state index contributed by atoms with van der Waals surface area (Å²) in [6, 6.07) is 0.792. The van der Waals surface area contributed by atoms with Crippen molar-refractivity contribution in [3.63, 3.8) is 0 Å². The van der Waals surface area contributed by atoms with Gasteiger partial charge in [0.1, 0.15) is 0 Å². The minimum atomic E-state index is 0. The van der Waals surface area contributed by atoms with Gasteiger partial charge in [-0.2, -0.15) is 0 Å². The van der Waals surface area contributed by atoms with Crippen LogP contribution in [0, 0.1) is 0 Å². The molecule has 0 aliphatic carbocycles. The zero-order valence-corrected chi connectivity index (χ0v) is 16.4. The Bertz CT molecular complexity index is 476. The molecular weight excluding hydrogens is 423 g/mol. The SMILES string of the molecule is CC(C)N1C=CN(C(C)C)C1=C1CC=N[C]([Pd])=C1Cl.Cl.Cl. The zero-order valence-electron chi connectivity index (χ0n) is 12.4. The number of rotatable bonds is 2. The van der Waals surface area contributed by atoms with Gasteiger partial charge in [0.2, 0.25) is 0 Å². The maximum Gasteiger partial charge on any atom is -0.147 e. The van der Waals surface area contributed by atoms with E-state index >= 15 is 0 Å². The van der Waals surface area contributed by atoms with Gasteiger partial charge in [-0.25, -0.2) is 0 Å². The van der Waals surface area contributed by atoms with E-state index in [0.29, 0.717) is 12.1 Å². The predicted molar refractivity (Wildman–Crippen MR) is 90.6 cm³/mol. The molecule has 0 fully saturated rings. The third-order valence-corrected chi connectivity index (χ3v) is 4.39. The third kappa shape index (κ3) is 4.27. The topological polar surface area (TPSA) is 18.8 Å². The molecule has 2 aliphatic rings. The van der Waals surface area contributed by atoms with Gasteiger partial charge >= 0.3 is 131 Å². The van der Waals surface area contributed by atoms with E-state index < -0.39 is 0 Å². The molecule has 7 heteroatoms. The van der Waals surface area contributed by atoms with Crippen molar-refractivity contribution >= 4 is 42.6 Å². The van der Waals surface area contributed by atoms with E-state index in [-0.39, 0.29) is 24.8 Å². The van der Waals surface area contributed by atoms with Gasteiger partial charge < -0.3 is 0 Å². The van der Waals surface area contributed by atoms with Crippen LogP contribution in [0.2, 0.25) is 0 Å². The standard InChI is InChI=1S/C14H19ClN3.2ClH.Pd/c1-10(2)17-7-8-18(11(3)4)14(17)12-5-6-16-9-13(12)15;;;/h6-8,10-11H,5H2,1-4H3;2*1H;. The summed E-state index contributed by atoms with van der Waals surface area (Å²) in [5, 5.41) is 0.723. The monoisotopic (exact) mass is 442 g/mol. The Morgan fingerprint density at radius 3 is 2.00 bits per heavy atom. The van der Waals surface area contributed by atoms with Gasteiger partial charge in [-0.3, -0.25) is 0 Å². The summed E-state index contributed by atoms with van der Waals surface area (Å²) in [6.45, 7) is 8.72. The molecule has 0 aromatic rings. The van der Waals surface area contributed by atoms with Gasteiger partial charge in [-0.1, -0.05) is 0 Å². The Kier molecular flexibility index (Phi) is 8.61. The average Bonchev–Trinajstić information content (AvgIpc) is 2.77. The Morgan fingerprint density at radius 2 is 1.57 bits per heavy atom. The smallest absolute Gasteiger partial charge is 0.147 e. The first-order valence-electron chi connectivity index (χ1n) is 6.46. The van der Waals surface area contributed by atoms with Crippen molar-refractivity contribution < 1.29 is 19.2 Å². The Morgan fingerprint density at radius 1 is 1.10 bits per heavy atom. The molecule has 2 rings (SSSR count). The van der Waals surface area contributed by atoms with Crippen LogP contribution in [-0.2, 0) is 19.2 Å². The molecule has 0 N–H and O–H groups in total. The Balaban J connectivity index is 0.00000200. The van der Waals surface area contributed by atoms with Crippen LogP contribution in [0.3, 0.4) is 0 Å². The van der Waals surface area contributed by atoms with Gasteiger partial charge in [-0.15, -0.1) is 24.8 Å². The second-order valence-electron chi connectivity index (χ2n) is 5.19. The van der Waals surface area contributed by atoms with E-state index in [1.54, 1.807) is 0 Å². The fourth-order valence-corrected chi connectivity index (χ4v) is 2.81. The summed E-state index contributed by atoms with van der Waals surface area (Å²) in [5.41, 5.74) is 1.13. The molecule has 21 heavy (non-hydrogen) atoms. The first kappa shape index (κ1) is 21.0. The van der Waals surface area contributed by atoms with Gasteiger partial charge in [0.05, 0.1) is 0 Å². The van der Waals surface area contributed by atoms with Crippen LogP contribution >= 0.6 is 36.4 Å². The van der Waals surface area contributed by atoms with E-state index in [9.17, 15) is 0 Å². The molecule has 0 saturated heterocycles. The van der Waals surface area contributed by atoms with Crippen LogP contribution in [-0.4, -0.2) is 28.1 Å². The van der Waals surface area contributed by atoms with E-state index in [4.69, 9.17) is 11.6 Å². The molecule has 123 valence electrons. The van der Waals surface area contributed by atoms with Crippen LogP contribution in [0.5, 0.6) is 0 Å². The first-order chi connectivity index (χ1) is 8.93. The number of hydrogen-bond acceptors (Lipinski definition) is 3. The van der Waals surface area contributed by atoms with E-state index in [2.05, 4.69) is 74.1 Å². The average molecular weight is 444 g/mol. The summed E-state index contributed by atoms with van der Waals surface area (Å²) < 4.78 is 0.748.